The molecular formula is C16H14F3NO2. The smallest absolute Gasteiger partial charge is 0.406 e. The van der Waals surface area contributed by atoms with Gasteiger partial charge in [-0.05, 0) is 28.8 Å². The van der Waals surface area contributed by atoms with E-state index in [1.165, 1.54) is 24.3 Å². The predicted octanol–water partition coefficient (Wildman–Crippen LogP) is 3.54. The molecule has 6 heteroatoms. The van der Waals surface area contributed by atoms with Gasteiger partial charge in [-0.1, -0.05) is 36.4 Å². The molecule has 116 valence electrons. The van der Waals surface area contributed by atoms with Crippen molar-refractivity contribution in [3.63, 3.8) is 0 Å². The van der Waals surface area contributed by atoms with Crippen molar-refractivity contribution in [3.05, 3.63) is 54.1 Å². The first-order chi connectivity index (χ1) is 10.4. The van der Waals surface area contributed by atoms with Crippen LogP contribution in [0.3, 0.4) is 0 Å². The standard InChI is InChI=1S/C16H14F3NO2/c1-20-15(21)10-12-4-2-3-5-14(12)11-6-8-13(9-7-11)22-16(17,18)19/h2-9H,10H2,1H3,(H,20,21). The van der Waals surface area contributed by atoms with E-state index in [2.05, 4.69) is 10.1 Å². The SMILES string of the molecule is CNC(=O)Cc1ccccc1-c1ccc(OC(F)(F)F)cc1. The number of hydrogen-bond acceptors (Lipinski definition) is 2. The van der Waals surface area contributed by atoms with Gasteiger partial charge in [-0.15, -0.1) is 13.2 Å². The second-order valence-corrected chi connectivity index (χ2v) is 4.58. The fraction of sp³-hybridized carbons (Fsp3) is 0.188. The largest absolute Gasteiger partial charge is 0.573 e. The van der Waals surface area contributed by atoms with Crippen LogP contribution in [0.15, 0.2) is 48.5 Å². The molecule has 0 unspecified atom stereocenters. The molecule has 0 heterocycles. The van der Waals surface area contributed by atoms with Crippen LogP contribution >= 0.6 is 0 Å². The molecule has 0 aromatic heterocycles. The summed E-state index contributed by atoms with van der Waals surface area (Å²) in [6, 6.07) is 12.8. The lowest BCUT2D eigenvalue weighted by atomic mass is 9.97. The molecule has 0 aliphatic carbocycles. The molecular weight excluding hydrogens is 295 g/mol. The number of amides is 1. The Kier molecular flexibility index (Phi) is 4.70. The van der Waals surface area contributed by atoms with E-state index >= 15 is 0 Å². The molecule has 0 saturated carbocycles. The summed E-state index contributed by atoms with van der Waals surface area (Å²) in [5.74, 6) is -0.412. The van der Waals surface area contributed by atoms with Crippen LogP contribution in [0.5, 0.6) is 5.75 Å². The lowest BCUT2D eigenvalue weighted by Crippen LogP contribution is -2.20. The van der Waals surface area contributed by atoms with Crippen molar-refractivity contribution < 1.29 is 22.7 Å². The molecule has 0 aliphatic heterocycles. The number of hydrogen-bond donors (Lipinski definition) is 1. The van der Waals surface area contributed by atoms with E-state index in [1.54, 1.807) is 7.05 Å². The van der Waals surface area contributed by atoms with E-state index in [1.807, 2.05) is 24.3 Å². The van der Waals surface area contributed by atoms with Crippen molar-refractivity contribution in [1.29, 1.82) is 0 Å². The third-order valence-corrected chi connectivity index (χ3v) is 3.05. The number of likely N-dealkylation sites (N-methyl/N-ethyl adjacent to an activating group) is 1. The maximum atomic E-state index is 12.1. The summed E-state index contributed by atoms with van der Waals surface area (Å²) in [6.07, 6.45) is -4.51. The Morgan fingerprint density at radius 1 is 1.09 bits per heavy atom. The highest BCUT2D eigenvalue weighted by atomic mass is 19.4. The lowest BCUT2D eigenvalue weighted by Gasteiger charge is -2.11. The Labute approximate surface area is 125 Å². The Morgan fingerprint density at radius 3 is 2.32 bits per heavy atom. The second-order valence-electron chi connectivity index (χ2n) is 4.58. The van der Waals surface area contributed by atoms with Crippen molar-refractivity contribution in [2.75, 3.05) is 7.05 Å². The molecule has 0 bridgehead atoms. The molecule has 0 saturated heterocycles. The summed E-state index contributed by atoms with van der Waals surface area (Å²) < 4.78 is 40.3. The third kappa shape index (κ3) is 4.25. The highest BCUT2D eigenvalue weighted by molar-refractivity contribution is 5.81. The normalized spacial score (nSPS) is 11.1. The van der Waals surface area contributed by atoms with Crippen molar-refractivity contribution in [3.8, 4) is 16.9 Å². The molecule has 0 radical (unpaired) electrons. The molecule has 0 fully saturated rings. The van der Waals surface area contributed by atoms with Crippen LogP contribution in [-0.4, -0.2) is 19.3 Å². The zero-order valence-electron chi connectivity index (χ0n) is 11.8. The predicted molar refractivity (Wildman–Crippen MR) is 76.3 cm³/mol. The Hall–Kier alpha value is -2.50. The first-order valence-electron chi connectivity index (χ1n) is 6.54. The second kappa shape index (κ2) is 6.51. The zero-order valence-corrected chi connectivity index (χ0v) is 11.8. The number of halogens is 3. The molecule has 1 amide bonds. The Bertz CT molecular complexity index is 651. The zero-order chi connectivity index (χ0) is 16.2. The van der Waals surface area contributed by atoms with E-state index in [0.29, 0.717) is 5.56 Å². The van der Waals surface area contributed by atoms with E-state index in [0.717, 1.165) is 11.1 Å². The van der Waals surface area contributed by atoms with Crippen LogP contribution in [0.2, 0.25) is 0 Å². The van der Waals surface area contributed by atoms with Gasteiger partial charge in [0.1, 0.15) is 5.75 Å². The molecule has 0 atom stereocenters. The molecule has 1 N–H and O–H groups in total. The van der Waals surface area contributed by atoms with E-state index in [4.69, 9.17) is 0 Å². The highest BCUT2D eigenvalue weighted by Crippen LogP contribution is 2.28. The molecule has 2 aromatic rings. The number of nitrogens with one attached hydrogen (secondary N) is 1. The summed E-state index contributed by atoms with van der Waals surface area (Å²) in [5, 5.41) is 2.54. The van der Waals surface area contributed by atoms with Crippen molar-refractivity contribution in [2.24, 2.45) is 0 Å². The minimum Gasteiger partial charge on any atom is -0.406 e. The summed E-state index contributed by atoms with van der Waals surface area (Å²) in [5.41, 5.74) is 2.31. The van der Waals surface area contributed by atoms with Crippen LogP contribution in [0.1, 0.15) is 5.56 Å². The lowest BCUT2D eigenvalue weighted by molar-refractivity contribution is -0.274. The number of benzene rings is 2. The van der Waals surface area contributed by atoms with Crippen molar-refractivity contribution in [2.45, 2.75) is 12.8 Å². The Balaban J connectivity index is 2.27. The van der Waals surface area contributed by atoms with Crippen molar-refractivity contribution >= 4 is 5.91 Å². The topological polar surface area (TPSA) is 38.3 Å². The fourth-order valence-electron chi connectivity index (χ4n) is 2.05. The van der Waals surface area contributed by atoms with Gasteiger partial charge >= 0.3 is 6.36 Å². The van der Waals surface area contributed by atoms with Crippen LogP contribution < -0.4 is 10.1 Å². The molecule has 2 aromatic carbocycles. The minimum atomic E-state index is -4.71. The minimum absolute atomic E-state index is 0.135. The molecule has 3 nitrogen and oxygen atoms in total. The molecule has 2 rings (SSSR count). The van der Waals surface area contributed by atoms with Crippen LogP contribution in [0, 0.1) is 0 Å². The maximum absolute atomic E-state index is 12.1. The Morgan fingerprint density at radius 2 is 1.73 bits per heavy atom. The number of carbonyl (C=O) groups is 1. The van der Waals surface area contributed by atoms with Gasteiger partial charge in [-0.25, -0.2) is 0 Å². The van der Waals surface area contributed by atoms with Gasteiger partial charge in [0.25, 0.3) is 0 Å². The van der Waals surface area contributed by atoms with Gasteiger partial charge in [0.05, 0.1) is 6.42 Å². The molecule has 22 heavy (non-hydrogen) atoms. The van der Waals surface area contributed by atoms with Gasteiger partial charge in [0.2, 0.25) is 5.91 Å². The quantitative estimate of drug-likeness (QED) is 0.938. The average molecular weight is 309 g/mol. The number of ether oxygens (including phenoxy) is 1. The first kappa shape index (κ1) is 15.9. The number of rotatable bonds is 4. The van der Waals surface area contributed by atoms with Gasteiger partial charge in [0.15, 0.2) is 0 Å². The number of alkyl halides is 3. The van der Waals surface area contributed by atoms with Gasteiger partial charge in [-0.2, -0.15) is 0 Å². The van der Waals surface area contributed by atoms with E-state index in [-0.39, 0.29) is 18.1 Å². The maximum Gasteiger partial charge on any atom is 0.573 e. The van der Waals surface area contributed by atoms with E-state index in [9.17, 15) is 18.0 Å². The first-order valence-corrected chi connectivity index (χ1v) is 6.54. The van der Waals surface area contributed by atoms with Gasteiger partial charge < -0.3 is 10.1 Å². The average Bonchev–Trinajstić information content (AvgIpc) is 2.47. The molecule has 0 spiro atoms. The van der Waals surface area contributed by atoms with Crippen LogP contribution in [0.4, 0.5) is 13.2 Å². The number of carbonyl (C=O) groups excluding carboxylic acids is 1. The fourth-order valence-corrected chi connectivity index (χ4v) is 2.05. The van der Waals surface area contributed by atoms with Gasteiger partial charge in [0, 0.05) is 7.05 Å². The van der Waals surface area contributed by atoms with E-state index < -0.39 is 6.36 Å². The van der Waals surface area contributed by atoms with Gasteiger partial charge in [-0.3, -0.25) is 4.79 Å². The van der Waals surface area contributed by atoms with Crippen LogP contribution in [-0.2, 0) is 11.2 Å². The monoisotopic (exact) mass is 309 g/mol. The summed E-state index contributed by atoms with van der Waals surface area (Å²) >= 11 is 0. The third-order valence-electron chi connectivity index (χ3n) is 3.05. The summed E-state index contributed by atoms with van der Waals surface area (Å²) in [4.78, 5) is 11.5. The highest BCUT2D eigenvalue weighted by Gasteiger charge is 2.30. The summed E-state index contributed by atoms with van der Waals surface area (Å²) in [7, 11) is 1.55. The van der Waals surface area contributed by atoms with Crippen LogP contribution in [0.25, 0.3) is 11.1 Å². The summed E-state index contributed by atoms with van der Waals surface area (Å²) in [6.45, 7) is 0. The van der Waals surface area contributed by atoms with Crippen molar-refractivity contribution in [1.82, 2.24) is 5.32 Å². The molecule has 0 aliphatic rings.